The average molecular weight is 686 g/mol. The molecule has 0 aliphatic carbocycles. The van der Waals surface area contributed by atoms with E-state index in [1.54, 1.807) is 0 Å². The summed E-state index contributed by atoms with van der Waals surface area (Å²) in [6, 6.07) is 1.16. The lowest BCUT2D eigenvalue weighted by Gasteiger charge is -2.25. The third-order valence-electron chi connectivity index (χ3n) is 6.74. The molecule has 2 amide bonds. The first-order chi connectivity index (χ1) is 20.5. The van der Waals surface area contributed by atoms with Crippen LogP contribution in [0.2, 0.25) is 5.02 Å². The van der Waals surface area contributed by atoms with Gasteiger partial charge < -0.3 is 9.80 Å². The van der Waals surface area contributed by atoms with Crippen molar-refractivity contribution in [1.82, 2.24) is 9.80 Å². The van der Waals surface area contributed by atoms with E-state index in [0.29, 0.717) is 28.0 Å². The van der Waals surface area contributed by atoms with Gasteiger partial charge in [0.05, 0.1) is 31.0 Å². The van der Waals surface area contributed by atoms with E-state index in [1.807, 2.05) is 0 Å². The molecular weight excluding hydrogens is 666 g/mol. The monoisotopic (exact) mass is 685 g/mol. The van der Waals surface area contributed by atoms with Crippen molar-refractivity contribution in [1.29, 1.82) is 0 Å². The number of halogens is 13. The molecule has 3 rings (SSSR count). The van der Waals surface area contributed by atoms with Crippen LogP contribution < -0.4 is 0 Å². The molecule has 1 heterocycles. The van der Waals surface area contributed by atoms with E-state index >= 15 is 0 Å². The number of hydrogen-bond donors (Lipinski definition) is 0. The van der Waals surface area contributed by atoms with E-state index < -0.39 is 120 Å². The highest BCUT2D eigenvalue weighted by molar-refractivity contribution is 6.30. The molecule has 0 aromatic heterocycles. The van der Waals surface area contributed by atoms with Crippen LogP contribution in [-0.2, 0) is 17.4 Å². The Morgan fingerprint density at radius 3 is 2.07 bits per heavy atom. The first kappa shape index (κ1) is 35.9. The smallest absolute Gasteiger partial charge is 0.323 e. The fourth-order valence-electron chi connectivity index (χ4n) is 4.65. The van der Waals surface area contributed by atoms with E-state index in [0.717, 1.165) is 12.1 Å². The Balaban J connectivity index is 1.97. The Bertz CT molecular complexity index is 1420. The zero-order chi connectivity index (χ0) is 34.1. The van der Waals surface area contributed by atoms with E-state index in [2.05, 4.69) is 5.18 Å². The van der Waals surface area contributed by atoms with E-state index in [-0.39, 0.29) is 6.07 Å². The summed E-state index contributed by atoms with van der Waals surface area (Å²) in [6.45, 7) is -2.29. The summed E-state index contributed by atoms with van der Waals surface area (Å²) in [6.07, 6.45) is -24.6. The topological polar surface area (TPSA) is 70.0 Å². The molecule has 19 heteroatoms. The lowest BCUT2D eigenvalue weighted by atomic mass is 9.87. The number of nitroso groups, excluding NO2 is 1. The molecule has 2 atom stereocenters. The molecule has 6 nitrogen and oxygen atoms in total. The Kier molecular flexibility index (Phi) is 10.4. The molecule has 1 fully saturated rings. The minimum absolute atomic E-state index is 0.165. The van der Waals surface area contributed by atoms with Gasteiger partial charge in [-0.1, -0.05) is 28.9 Å². The number of nitrogens with zero attached hydrogens (tertiary/aromatic N) is 3. The van der Waals surface area contributed by atoms with Gasteiger partial charge in [-0.3, -0.25) is 9.59 Å². The molecule has 0 N–H and O–H groups in total. The molecule has 0 bridgehead atoms. The van der Waals surface area contributed by atoms with Gasteiger partial charge in [0.2, 0.25) is 5.91 Å². The molecule has 0 radical (unpaired) electrons. The van der Waals surface area contributed by atoms with E-state index in [1.165, 1.54) is 0 Å². The standard InChI is InChI=1S/C26H20ClF12N3O3/c27-17-7-14(6-16(8-17)25(34,35)36)19(26(37,38)39)9-20(40-45)13-1-2-18(15(5-13)10-24(31,32)33)22(44)42-11-21(43)41(12-42)4-3-23(28,29)30/h1-2,5-8,19-20H,3-4,9-12H2. The number of rotatable bonds is 9. The van der Waals surface area contributed by atoms with Crippen LogP contribution in [0.25, 0.3) is 0 Å². The maximum atomic E-state index is 14.0. The normalized spacial score (nSPS) is 16.2. The first-order valence-corrected chi connectivity index (χ1v) is 13.0. The van der Waals surface area contributed by atoms with Crippen molar-refractivity contribution < 1.29 is 62.3 Å². The van der Waals surface area contributed by atoms with Crippen molar-refractivity contribution in [3.8, 4) is 0 Å². The highest BCUT2D eigenvalue weighted by atomic mass is 35.5. The van der Waals surface area contributed by atoms with Gasteiger partial charge in [0.1, 0.15) is 12.6 Å². The minimum atomic E-state index is -5.28. The van der Waals surface area contributed by atoms with E-state index in [4.69, 9.17) is 11.6 Å². The van der Waals surface area contributed by atoms with Gasteiger partial charge >= 0.3 is 24.7 Å². The zero-order valence-corrected chi connectivity index (χ0v) is 23.1. The number of hydrogen-bond acceptors (Lipinski definition) is 4. The summed E-state index contributed by atoms with van der Waals surface area (Å²) < 4.78 is 160. The van der Waals surface area contributed by atoms with Crippen LogP contribution in [0.15, 0.2) is 41.6 Å². The first-order valence-electron chi connectivity index (χ1n) is 12.6. The lowest BCUT2D eigenvalue weighted by molar-refractivity contribution is -0.153. The number of benzene rings is 2. The Labute approximate surface area is 250 Å². The molecule has 1 aliphatic rings. The van der Waals surface area contributed by atoms with Crippen molar-refractivity contribution >= 4 is 23.4 Å². The number of amides is 2. The van der Waals surface area contributed by atoms with Crippen molar-refractivity contribution in [2.24, 2.45) is 5.18 Å². The molecule has 1 saturated heterocycles. The summed E-state index contributed by atoms with van der Waals surface area (Å²) in [5.74, 6) is -4.92. The van der Waals surface area contributed by atoms with Gasteiger partial charge in [0, 0.05) is 17.1 Å². The SMILES string of the molecule is O=NC(CC(c1cc(Cl)cc(C(F)(F)F)c1)C(F)(F)F)c1ccc(C(=O)N2CC(=O)N(CCC(F)(F)F)C2)c(CC(F)(F)F)c1. The molecule has 248 valence electrons. The fourth-order valence-corrected chi connectivity index (χ4v) is 4.90. The second kappa shape index (κ2) is 13.0. The van der Waals surface area contributed by atoms with E-state index in [9.17, 15) is 67.2 Å². The Morgan fingerprint density at radius 1 is 0.889 bits per heavy atom. The van der Waals surface area contributed by atoms with Gasteiger partial charge in [0.25, 0.3) is 5.91 Å². The summed E-state index contributed by atoms with van der Waals surface area (Å²) in [5.41, 5.74) is -4.62. The molecular formula is C26H20ClF12N3O3. The fraction of sp³-hybridized carbons (Fsp3) is 0.462. The molecule has 2 aromatic rings. The summed E-state index contributed by atoms with van der Waals surface area (Å²) in [7, 11) is 0. The maximum absolute atomic E-state index is 14.0. The maximum Gasteiger partial charge on any atom is 0.416 e. The summed E-state index contributed by atoms with van der Waals surface area (Å²) in [4.78, 5) is 38.2. The van der Waals surface area contributed by atoms with Crippen LogP contribution in [0.3, 0.4) is 0 Å². The number of alkyl halides is 12. The highest BCUT2D eigenvalue weighted by Gasteiger charge is 2.44. The quantitative estimate of drug-likeness (QED) is 0.197. The Hall–Kier alpha value is -3.57. The second-order valence-electron chi connectivity index (χ2n) is 10.1. The second-order valence-corrected chi connectivity index (χ2v) is 10.5. The van der Waals surface area contributed by atoms with Crippen LogP contribution in [0.4, 0.5) is 52.7 Å². The third kappa shape index (κ3) is 9.71. The van der Waals surface area contributed by atoms with Crippen molar-refractivity contribution in [2.75, 3.05) is 19.8 Å². The van der Waals surface area contributed by atoms with Gasteiger partial charge in [-0.05, 0) is 47.4 Å². The van der Waals surface area contributed by atoms with Gasteiger partial charge in [-0.25, -0.2) is 0 Å². The summed E-state index contributed by atoms with van der Waals surface area (Å²) >= 11 is 5.61. The molecule has 0 saturated carbocycles. The predicted octanol–water partition coefficient (Wildman–Crippen LogP) is 8.20. The van der Waals surface area contributed by atoms with Crippen molar-refractivity contribution in [2.45, 2.75) is 55.9 Å². The van der Waals surface area contributed by atoms with Crippen LogP contribution >= 0.6 is 11.6 Å². The van der Waals surface area contributed by atoms with Crippen LogP contribution in [-0.4, -0.2) is 59.9 Å². The molecule has 1 aliphatic heterocycles. The molecule has 0 spiro atoms. The molecule has 45 heavy (non-hydrogen) atoms. The van der Waals surface area contributed by atoms with Crippen LogP contribution in [0, 0.1) is 4.91 Å². The number of carbonyl (C=O) groups excluding carboxylic acids is 2. The zero-order valence-electron chi connectivity index (χ0n) is 22.3. The highest BCUT2D eigenvalue weighted by Crippen LogP contribution is 2.45. The molecule has 2 aromatic carbocycles. The van der Waals surface area contributed by atoms with Gasteiger partial charge in [-0.2, -0.15) is 57.6 Å². The van der Waals surface area contributed by atoms with Crippen LogP contribution in [0.1, 0.15) is 57.4 Å². The van der Waals surface area contributed by atoms with Crippen molar-refractivity contribution in [3.05, 3.63) is 74.1 Å². The summed E-state index contributed by atoms with van der Waals surface area (Å²) in [5, 5.41) is 1.84. The van der Waals surface area contributed by atoms with Gasteiger partial charge in [0.15, 0.2) is 0 Å². The minimum Gasteiger partial charge on any atom is -0.323 e. The Morgan fingerprint density at radius 2 is 1.53 bits per heavy atom. The molecule has 2 unspecified atom stereocenters. The average Bonchev–Trinajstić information content (AvgIpc) is 3.25. The van der Waals surface area contributed by atoms with Crippen molar-refractivity contribution in [3.63, 3.8) is 0 Å². The lowest BCUT2D eigenvalue weighted by Crippen LogP contribution is -2.33. The number of carbonyl (C=O) groups is 2. The van der Waals surface area contributed by atoms with Gasteiger partial charge in [-0.15, -0.1) is 0 Å². The van der Waals surface area contributed by atoms with Crippen LogP contribution in [0.5, 0.6) is 0 Å². The largest absolute Gasteiger partial charge is 0.416 e. The predicted molar refractivity (Wildman–Crippen MR) is 133 cm³/mol. The third-order valence-corrected chi connectivity index (χ3v) is 6.96.